The van der Waals surface area contributed by atoms with Gasteiger partial charge in [0.05, 0.1) is 22.8 Å². The molecule has 1 atom stereocenters. The van der Waals surface area contributed by atoms with Gasteiger partial charge < -0.3 is 11.1 Å². The Morgan fingerprint density at radius 3 is 2.40 bits per heavy atom. The highest BCUT2D eigenvalue weighted by Crippen LogP contribution is 2.39. The van der Waals surface area contributed by atoms with E-state index in [-0.39, 0.29) is 11.7 Å². The first-order valence-electron chi connectivity index (χ1n) is 14.1. The molecule has 5 rings (SSSR count). The molecule has 2 amide bonds. The van der Waals surface area contributed by atoms with E-state index in [0.717, 1.165) is 59.6 Å². The summed E-state index contributed by atoms with van der Waals surface area (Å²) >= 11 is 0. The summed E-state index contributed by atoms with van der Waals surface area (Å²) in [5, 5.41) is 7.63. The lowest BCUT2D eigenvalue weighted by atomic mass is 9.94. The second-order valence-corrected chi connectivity index (χ2v) is 10.7. The van der Waals surface area contributed by atoms with E-state index in [4.69, 9.17) is 10.8 Å². The van der Waals surface area contributed by atoms with Crippen molar-refractivity contribution < 1.29 is 9.18 Å². The summed E-state index contributed by atoms with van der Waals surface area (Å²) in [6.07, 6.45) is 2.53. The van der Waals surface area contributed by atoms with Crippen molar-refractivity contribution in [3.8, 4) is 16.9 Å². The van der Waals surface area contributed by atoms with Crippen LogP contribution in [0.3, 0.4) is 0 Å². The second kappa shape index (κ2) is 11.3. The van der Waals surface area contributed by atoms with Crippen LogP contribution in [0, 0.1) is 19.7 Å². The van der Waals surface area contributed by atoms with Crippen molar-refractivity contribution in [2.45, 2.75) is 66.5 Å². The van der Waals surface area contributed by atoms with Crippen molar-refractivity contribution >= 4 is 11.7 Å². The molecule has 4 aromatic rings. The Labute approximate surface area is 236 Å². The molecule has 0 saturated carbocycles. The van der Waals surface area contributed by atoms with Crippen LogP contribution in [0.2, 0.25) is 0 Å². The first-order valence-corrected chi connectivity index (χ1v) is 14.1. The zero-order valence-electron chi connectivity index (χ0n) is 24.0. The number of halogens is 1. The average molecular weight is 540 g/mol. The van der Waals surface area contributed by atoms with Crippen LogP contribution in [0.1, 0.15) is 65.9 Å². The molecule has 1 unspecified atom stereocenters. The molecular weight excluding hydrogens is 501 g/mol. The fourth-order valence-corrected chi connectivity index (χ4v) is 6.07. The standard InChI is InChI=1S/C33H38FN5O/c1-6-23-12-10-13-24(7-2)31(23)39-32(26-18-28(34)30(17-21(26)4)36-33(35)40)27-19-38(16-15-29(27)37-39)22(5)25-14-9-8-11-20(25)3/h8-14,17-18,22H,6-7,15-16,19H2,1-5H3,(H3,35,36,40). The van der Waals surface area contributed by atoms with Crippen LogP contribution in [0.5, 0.6) is 0 Å². The minimum atomic E-state index is -0.793. The maximum Gasteiger partial charge on any atom is 0.316 e. The number of benzene rings is 3. The normalized spacial score (nSPS) is 14.2. The number of hydrogen-bond acceptors (Lipinski definition) is 3. The molecule has 0 fully saturated rings. The van der Waals surface area contributed by atoms with Crippen LogP contribution in [0.15, 0.2) is 54.6 Å². The number of nitrogens with two attached hydrogens (primary N) is 1. The average Bonchev–Trinajstić information content (AvgIpc) is 3.32. The van der Waals surface area contributed by atoms with Gasteiger partial charge in [-0.25, -0.2) is 13.9 Å². The van der Waals surface area contributed by atoms with E-state index in [1.54, 1.807) is 6.07 Å². The van der Waals surface area contributed by atoms with Crippen molar-refractivity contribution in [3.05, 3.63) is 99.5 Å². The van der Waals surface area contributed by atoms with Crippen LogP contribution < -0.4 is 11.1 Å². The van der Waals surface area contributed by atoms with Crippen molar-refractivity contribution in [3.63, 3.8) is 0 Å². The minimum Gasteiger partial charge on any atom is -0.351 e. The number of hydrogen-bond donors (Lipinski definition) is 2. The summed E-state index contributed by atoms with van der Waals surface area (Å²) in [5.41, 5.74) is 16.1. The summed E-state index contributed by atoms with van der Waals surface area (Å²) in [4.78, 5) is 14.0. The SMILES string of the molecule is CCc1cccc(CC)c1-n1nc2c(c1-c1cc(F)c(NC(N)=O)cc1C)CN(C(C)c1ccccc1C)CC2. The van der Waals surface area contributed by atoms with Gasteiger partial charge in [-0.2, -0.15) is 5.10 Å². The van der Waals surface area contributed by atoms with E-state index in [1.165, 1.54) is 28.3 Å². The summed E-state index contributed by atoms with van der Waals surface area (Å²) in [7, 11) is 0. The molecule has 0 bridgehead atoms. The topological polar surface area (TPSA) is 76.2 Å². The number of aromatic nitrogens is 2. The predicted octanol–water partition coefficient (Wildman–Crippen LogP) is 7.03. The molecule has 0 spiro atoms. The van der Waals surface area contributed by atoms with E-state index in [2.05, 4.69) is 85.1 Å². The largest absolute Gasteiger partial charge is 0.351 e. The molecule has 0 radical (unpaired) electrons. The lowest BCUT2D eigenvalue weighted by Crippen LogP contribution is -2.33. The second-order valence-electron chi connectivity index (χ2n) is 10.7. The van der Waals surface area contributed by atoms with Crippen LogP contribution in [0.4, 0.5) is 14.9 Å². The predicted molar refractivity (Wildman–Crippen MR) is 159 cm³/mol. The third-order valence-electron chi connectivity index (χ3n) is 8.25. The molecule has 0 aliphatic carbocycles. The van der Waals surface area contributed by atoms with Crippen molar-refractivity contribution in [2.24, 2.45) is 5.73 Å². The Balaban J connectivity index is 1.71. The lowest BCUT2D eigenvalue weighted by Gasteiger charge is -2.33. The minimum absolute atomic E-state index is 0.0756. The summed E-state index contributed by atoms with van der Waals surface area (Å²) < 4.78 is 17.5. The van der Waals surface area contributed by atoms with E-state index < -0.39 is 11.8 Å². The van der Waals surface area contributed by atoms with Gasteiger partial charge in [0.2, 0.25) is 0 Å². The number of para-hydroxylation sites is 1. The zero-order valence-corrected chi connectivity index (χ0v) is 24.0. The number of carbonyl (C=O) groups excluding carboxylic acids is 1. The third kappa shape index (κ3) is 5.02. The highest BCUT2D eigenvalue weighted by Gasteiger charge is 2.31. The maximum absolute atomic E-state index is 15.4. The third-order valence-corrected chi connectivity index (χ3v) is 8.25. The highest BCUT2D eigenvalue weighted by molar-refractivity contribution is 5.89. The molecule has 1 aliphatic rings. The van der Waals surface area contributed by atoms with Gasteiger partial charge >= 0.3 is 6.03 Å². The van der Waals surface area contributed by atoms with Crippen molar-refractivity contribution in [1.29, 1.82) is 0 Å². The van der Waals surface area contributed by atoms with Gasteiger partial charge in [0.15, 0.2) is 0 Å². The number of nitrogens with zero attached hydrogens (tertiary/aromatic N) is 3. The first kappa shape index (κ1) is 27.6. The number of urea groups is 1. The molecule has 1 aliphatic heterocycles. The van der Waals surface area contributed by atoms with Crippen molar-refractivity contribution in [1.82, 2.24) is 14.7 Å². The quantitative estimate of drug-likeness (QED) is 0.265. The van der Waals surface area contributed by atoms with Crippen LogP contribution >= 0.6 is 0 Å². The van der Waals surface area contributed by atoms with Gasteiger partial charge in [-0.15, -0.1) is 0 Å². The number of rotatable bonds is 7. The fraction of sp³-hybridized carbons (Fsp3) is 0.333. The molecule has 3 aromatic carbocycles. The van der Waals surface area contributed by atoms with Gasteiger partial charge in [-0.3, -0.25) is 4.90 Å². The van der Waals surface area contributed by atoms with E-state index >= 15 is 4.39 Å². The maximum atomic E-state index is 15.4. The van der Waals surface area contributed by atoms with Crippen LogP contribution in [-0.2, 0) is 25.8 Å². The van der Waals surface area contributed by atoms with E-state index in [1.807, 2.05) is 6.92 Å². The number of primary amides is 1. The first-order chi connectivity index (χ1) is 19.2. The van der Waals surface area contributed by atoms with Gasteiger partial charge in [0.25, 0.3) is 0 Å². The summed E-state index contributed by atoms with van der Waals surface area (Å²) in [6, 6.07) is 17.5. The fourth-order valence-electron chi connectivity index (χ4n) is 6.07. The van der Waals surface area contributed by atoms with E-state index in [0.29, 0.717) is 6.54 Å². The number of aryl methyl sites for hydroxylation is 4. The van der Waals surface area contributed by atoms with Crippen molar-refractivity contribution in [2.75, 3.05) is 11.9 Å². The number of nitrogens with one attached hydrogen (secondary N) is 1. The Morgan fingerprint density at radius 1 is 1.05 bits per heavy atom. The van der Waals surface area contributed by atoms with Gasteiger partial charge in [-0.05, 0) is 73.6 Å². The zero-order chi connectivity index (χ0) is 28.6. The van der Waals surface area contributed by atoms with Crippen LogP contribution in [0.25, 0.3) is 16.9 Å². The van der Waals surface area contributed by atoms with E-state index in [9.17, 15) is 4.79 Å². The Kier molecular flexibility index (Phi) is 7.76. The molecule has 3 N–H and O–H groups in total. The number of amides is 2. The number of fused-ring (bicyclic) bond motifs is 1. The van der Waals surface area contributed by atoms with Gasteiger partial charge in [0.1, 0.15) is 5.82 Å². The molecule has 0 saturated heterocycles. The molecule has 208 valence electrons. The van der Waals surface area contributed by atoms with Crippen LogP contribution in [-0.4, -0.2) is 27.3 Å². The summed E-state index contributed by atoms with van der Waals surface area (Å²) in [6.45, 7) is 12.3. The smallest absolute Gasteiger partial charge is 0.316 e. The Bertz CT molecular complexity index is 1550. The number of anilines is 1. The molecular formula is C33H38FN5O. The molecule has 2 heterocycles. The van der Waals surface area contributed by atoms with Gasteiger partial charge in [-0.1, -0.05) is 56.3 Å². The number of carbonyl (C=O) groups is 1. The van der Waals surface area contributed by atoms with Gasteiger partial charge in [0, 0.05) is 36.7 Å². The Hall–Kier alpha value is -3.97. The molecule has 40 heavy (non-hydrogen) atoms. The molecule has 7 heteroatoms. The molecule has 1 aromatic heterocycles. The monoisotopic (exact) mass is 539 g/mol. The summed E-state index contributed by atoms with van der Waals surface area (Å²) in [5.74, 6) is -0.527. The Morgan fingerprint density at radius 2 is 1.75 bits per heavy atom. The molecule has 6 nitrogen and oxygen atoms in total. The highest BCUT2D eigenvalue weighted by atomic mass is 19.1. The lowest BCUT2D eigenvalue weighted by molar-refractivity contribution is 0.191.